The lowest BCUT2D eigenvalue weighted by atomic mass is 9.80. The Labute approximate surface area is 160 Å². The summed E-state index contributed by atoms with van der Waals surface area (Å²) < 4.78 is 5.35. The van der Waals surface area contributed by atoms with Crippen LogP contribution in [0.4, 0.5) is 22.7 Å². The van der Waals surface area contributed by atoms with Crippen LogP contribution in [0.1, 0.15) is 22.6 Å². The molecule has 2 N–H and O–H groups in total. The fourth-order valence-corrected chi connectivity index (χ4v) is 3.92. The smallest absolute Gasteiger partial charge is 0.118 e. The number of anilines is 4. The predicted molar refractivity (Wildman–Crippen MR) is 114 cm³/mol. The van der Waals surface area contributed by atoms with Crippen LogP contribution in [0.25, 0.3) is 0 Å². The van der Waals surface area contributed by atoms with Gasteiger partial charge in [0.15, 0.2) is 0 Å². The summed E-state index contributed by atoms with van der Waals surface area (Å²) in [6.07, 6.45) is 0. The van der Waals surface area contributed by atoms with Crippen LogP contribution < -0.4 is 20.3 Å². The Hall–Kier alpha value is -3.14. The topological polar surface area (TPSA) is 36.5 Å². The number of hydrogen-bond donors (Lipinski definition) is 2. The Balaban J connectivity index is 1.93. The number of fused-ring (bicyclic) bond motifs is 2. The number of benzene rings is 3. The first kappa shape index (κ1) is 17.3. The van der Waals surface area contributed by atoms with Gasteiger partial charge in [0, 0.05) is 49.8 Å². The molecule has 27 heavy (non-hydrogen) atoms. The lowest BCUT2D eigenvalue weighted by Crippen LogP contribution is -2.22. The number of nitrogens with zero attached hydrogens (tertiary/aromatic N) is 1. The molecule has 1 aliphatic heterocycles. The standard InChI is InChI=1S/C23H25N3O/c1-24-16-7-11-19-21(13-16)26(3)22-14-17(25-2)8-12-20(22)23(19)15-5-9-18(27-4)10-6-15/h5-14,23-25H,1-4H3. The monoisotopic (exact) mass is 359 g/mol. The van der Waals surface area contributed by atoms with Crippen molar-refractivity contribution in [3.63, 3.8) is 0 Å². The SMILES string of the molecule is CNc1ccc2c(c1)N(C)c1cc(NC)ccc1C2c1ccc(OC)cc1. The van der Waals surface area contributed by atoms with E-state index in [1.165, 1.54) is 28.1 Å². The van der Waals surface area contributed by atoms with Gasteiger partial charge in [-0.05, 0) is 53.1 Å². The molecule has 1 aliphatic rings. The second-order valence-electron chi connectivity index (χ2n) is 6.81. The first-order chi connectivity index (χ1) is 13.2. The van der Waals surface area contributed by atoms with Gasteiger partial charge in [-0.2, -0.15) is 0 Å². The van der Waals surface area contributed by atoms with Crippen LogP contribution in [0.5, 0.6) is 5.75 Å². The molecule has 0 atom stereocenters. The van der Waals surface area contributed by atoms with E-state index in [-0.39, 0.29) is 5.92 Å². The molecule has 4 heteroatoms. The van der Waals surface area contributed by atoms with Gasteiger partial charge < -0.3 is 20.3 Å². The fourth-order valence-electron chi connectivity index (χ4n) is 3.92. The summed E-state index contributed by atoms with van der Waals surface area (Å²) in [5.74, 6) is 1.07. The zero-order chi connectivity index (χ0) is 19.0. The van der Waals surface area contributed by atoms with Crippen LogP contribution in [-0.2, 0) is 0 Å². The third kappa shape index (κ3) is 2.87. The molecule has 3 aromatic carbocycles. The molecule has 0 fully saturated rings. The molecule has 138 valence electrons. The summed E-state index contributed by atoms with van der Waals surface area (Å²) in [5, 5.41) is 6.52. The molecule has 0 unspecified atom stereocenters. The zero-order valence-electron chi connectivity index (χ0n) is 16.2. The largest absolute Gasteiger partial charge is 0.497 e. The lowest BCUT2D eigenvalue weighted by Gasteiger charge is -2.36. The van der Waals surface area contributed by atoms with E-state index in [4.69, 9.17) is 4.74 Å². The molecule has 0 saturated carbocycles. The second kappa shape index (κ2) is 6.88. The maximum Gasteiger partial charge on any atom is 0.118 e. The van der Waals surface area contributed by atoms with Gasteiger partial charge in [0.1, 0.15) is 5.75 Å². The van der Waals surface area contributed by atoms with Crippen molar-refractivity contribution in [2.75, 3.05) is 43.8 Å². The van der Waals surface area contributed by atoms with Crippen molar-refractivity contribution >= 4 is 22.7 Å². The van der Waals surface area contributed by atoms with Gasteiger partial charge in [-0.25, -0.2) is 0 Å². The van der Waals surface area contributed by atoms with Crippen molar-refractivity contribution < 1.29 is 4.74 Å². The molecule has 4 rings (SSSR count). The van der Waals surface area contributed by atoms with Crippen molar-refractivity contribution in [1.29, 1.82) is 0 Å². The van der Waals surface area contributed by atoms with Gasteiger partial charge in [-0.1, -0.05) is 24.3 Å². The Kier molecular flexibility index (Phi) is 4.40. The highest BCUT2D eigenvalue weighted by atomic mass is 16.5. The van der Waals surface area contributed by atoms with E-state index in [2.05, 4.69) is 71.1 Å². The molecule has 0 bridgehead atoms. The van der Waals surface area contributed by atoms with Crippen molar-refractivity contribution in [1.82, 2.24) is 0 Å². The van der Waals surface area contributed by atoms with E-state index < -0.39 is 0 Å². The van der Waals surface area contributed by atoms with Crippen LogP contribution in [0.3, 0.4) is 0 Å². The van der Waals surface area contributed by atoms with Gasteiger partial charge in [-0.15, -0.1) is 0 Å². The summed E-state index contributed by atoms with van der Waals surface area (Å²) in [5.41, 5.74) is 8.56. The first-order valence-corrected chi connectivity index (χ1v) is 9.17. The maximum absolute atomic E-state index is 5.35. The third-order valence-corrected chi connectivity index (χ3v) is 5.43. The van der Waals surface area contributed by atoms with Gasteiger partial charge in [-0.3, -0.25) is 0 Å². The summed E-state index contributed by atoms with van der Waals surface area (Å²) in [6, 6.07) is 21.6. The van der Waals surface area contributed by atoms with Crippen LogP contribution in [0.2, 0.25) is 0 Å². The fraction of sp³-hybridized carbons (Fsp3) is 0.217. The molecule has 0 amide bonds. The van der Waals surface area contributed by atoms with E-state index in [1.807, 2.05) is 26.2 Å². The minimum absolute atomic E-state index is 0.189. The molecule has 0 aliphatic carbocycles. The number of rotatable bonds is 4. The van der Waals surface area contributed by atoms with Crippen molar-refractivity contribution in [2.45, 2.75) is 5.92 Å². The quantitative estimate of drug-likeness (QED) is 0.684. The van der Waals surface area contributed by atoms with Crippen LogP contribution >= 0.6 is 0 Å². The molecular weight excluding hydrogens is 334 g/mol. The average molecular weight is 359 g/mol. The highest BCUT2D eigenvalue weighted by Crippen LogP contribution is 2.49. The normalized spacial score (nSPS) is 13.0. The van der Waals surface area contributed by atoms with Gasteiger partial charge in [0.05, 0.1) is 7.11 Å². The van der Waals surface area contributed by atoms with E-state index >= 15 is 0 Å². The first-order valence-electron chi connectivity index (χ1n) is 9.17. The number of nitrogens with one attached hydrogen (secondary N) is 2. The van der Waals surface area contributed by atoms with Crippen LogP contribution in [0.15, 0.2) is 60.7 Å². The van der Waals surface area contributed by atoms with Gasteiger partial charge in [0.2, 0.25) is 0 Å². The Morgan fingerprint density at radius 1 is 0.778 bits per heavy atom. The summed E-state index contributed by atoms with van der Waals surface area (Å²) in [7, 11) is 7.76. The second-order valence-corrected chi connectivity index (χ2v) is 6.81. The van der Waals surface area contributed by atoms with Gasteiger partial charge in [0.25, 0.3) is 0 Å². The third-order valence-electron chi connectivity index (χ3n) is 5.43. The number of methoxy groups -OCH3 is 1. The highest BCUT2D eigenvalue weighted by molar-refractivity contribution is 5.81. The van der Waals surface area contributed by atoms with E-state index in [0.29, 0.717) is 0 Å². The predicted octanol–water partition coefficient (Wildman–Crippen LogP) is 5.04. The molecule has 0 aromatic heterocycles. The van der Waals surface area contributed by atoms with Crippen LogP contribution in [0, 0.1) is 0 Å². The van der Waals surface area contributed by atoms with Crippen molar-refractivity contribution in [2.24, 2.45) is 0 Å². The van der Waals surface area contributed by atoms with Crippen molar-refractivity contribution in [3.8, 4) is 5.75 Å². The van der Waals surface area contributed by atoms with E-state index in [9.17, 15) is 0 Å². The Bertz CT molecular complexity index is 910. The van der Waals surface area contributed by atoms with Crippen molar-refractivity contribution in [3.05, 3.63) is 77.4 Å². The summed E-state index contributed by atoms with van der Waals surface area (Å²) in [6.45, 7) is 0. The number of ether oxygens (including phenoxy) is 1. The average Bonchev–Trinajstić information content (AvgIpc) is 2.74. The molecule has 0 saturated heterocycles. The summed E-state index contributed by atoms with van der Waals surface area (Å²) in [4.78, 5) is 2.28. The molecule has 4 nitrogen and oxygen atoms in total. The lowest BCUT2D eigenvalue weighted by molar-refractivity contribution is 0.414. The molecule has 0 radical (unpaired) electrons. The maximum atomic E-state index is 5.35. The highest BCUT2D eigenvalue weighted by Gasteiger charge is 2.30. The summed E-state index contributed by atoms with van der Waals surface area (Å²) >= 11 is 0. The Morgan fingerprint density at radius 2 is 1.30 bits per heavy atom. The molecule has 3 aromatic rings. The van der Waals surface area contributed by atoms with E-state index in [1.54, 1.807) is 7.11 Å². The number of hydrogen-bond acceptors (Lipinski definition) is 4. The Morgan fingerprint density at radius 3 is 1.74 bits per heavy atom. The molecule has 1 heterocycles. The van der Waals surface area contributed by atoms with Crippen LogP contribution in [-0.4, -0.2) is 28.3 Å². The minimum Gasteiger partial charge on any atom is -0.497 e. The minimum atomic E-state index is 0.189. The van der Waals surface area contributed by atoms with Gasteiger partial charge >= 0.3 is 0 Å². The molecular formula is C23H25N3O. The van der Waals surface area contributed by atoms with E-state index in [0.717, 1.165) is 17.1 Å². The zero-order valence-corrected chi connectivity index (χ0v) is 16.2. The molecule has 0 spiro atoms.